The maximum Gasteiger partial charge on any atom is 0.318 e. The van der Waals surface area contributed by atoms with E-state index in [-0.39, 0.29) is 11.5 Å². The van der Waals surface area contributed by atoms with E-state index in [9.17, 15) is 19.8 Å². The van der Waals surface area contributed by atoms with Crippen LogP contribution in [0.25, 0.3) is 43.6 Å². The van der Waals surface area contributed by atoms with E-state index in [1.165, 1.54) is 0 Å². The third-order valence-electron chi connectivity index (χ3n) is 9.41. The van der Waals surface area contributed by atoms with Crippen molar-refractivity contribution in [2.45, 2.75) is 71.0 Å². The number of nitrogens with one attached hydrogen (secondary N) is 2. The van der Waals surface area contributed by atoms with Gasteiger partial charge in [-0.05, 0) is 85.3 Å². The van der Waals surface area contributed by atoms with Crippen LogP contribution >= 0.6 is 0 Å². The molecule has 0 radical (unpaired) electrons. The van der Waals surface area contributed by atoms with Gasteiger partial charge in [0.15, 0.2) is 0 Å². The highest BCUT2D eigenvalue weighted by atomic mass is 16.6. The second-order valence-electron chi connectivity index (χ2n) is 11.8. The molecule has 0 amide bonds. The molecule has 8 nitrogen and oxygen atoms in total. The Morgan fingerprint density at radius 1 is 0.556 bits per heavy atom. The van der Waals surface area contributed by atoms with Gasteiger partial charge in [-0.15, -0.1) is 0 Å². The Morgan fingerprint density at radius 2 is 0.956 bits per heavy atom. The van der Waals surface area contributed by atoms with Crippen LogP contribution in [0, 0.1) is 0 Å². The van der Waals surface area contributed by atoms with Crippen molar-refractivity contribution in [3.05, 3.63) is 83.9 Å². The molecule has 4 N–H and O–H groups in total. The number of H-pyrrole nitrogens is 2. The summed E-state index contributed by atoms with van der Waals surface area (Å²) in [5, 5.41) is 23.7. The molecule has 0 atom stereocenters. The van der Waals surface area contributed by atoms with Crippen LogP contribution < -0.4 is 0 Å². The first kappa shape index (κ1) is 30.1. The largest absolute Gasteiger partial charge is 0.508 e. The summed E-state index contributed by atoms with van der Waals surface area (Å²) >= 11 is 0. The molecule has 0 saturated carbocycles. The predicted octanol–water partition coefficient (Wildman–Crippen LogP) is 8.57. The van der Waals surface area contributed by atoms with Crippen molar-refractivity contribution in [1.82, 2.24) is 9.97 Å². The topological polar surface area (TPSA) is 125 Å². The van der Waals surface area contributed by atoms with E-state index >= 15 is 0 Å². The van der Waals surface area contributed by atoms with Gasteiger partial charge in [-0.3, -0.25) is 9.59 Å². The number of aromatic amines is 2. The fourth-order valence-corrected chi connectivity index (χ4v) is 6.70. The highest BCUT2D eigenvalue weighted by molar-refractivity contribution is 6.08. The molecule has 0 aliphatic heterocycles. The SMILES string of the molecule is CCC(CC)(OC(=O)CC(=O)OC(CC)(CC)c1ccc2c(c1)[nH]c1ccc(O)cc12)c1ccc2c(c1)[nH]c1ccc(O)cc12. The highest BCUT2D eigenvalue weighted by Gasteiger charge is 2.37. The number of phenols is 2. The number of hydrogen-bond acceptors (Lipinski definition) is 6. The molecule has 4 aromatic carbocycles. The standard InChI is InChI=1S/C37H38N2O6/c1-5-36(6-2,22-9-13-26-28-19-24(40)11-15-30(28)38-32(26)17-22)44-34(42)21-35(43)45-37(7-3,8-4)23-10-14-27-29-20-25(41)12-16-31(29)39-33(27)18-23/h9-20,38-41H,5-8,21H2,1-4H3. The van der Waals surface area contributed by atoms with E-state index in [4.69, 9.17) is 9.47 Å². The summed E-state index contributed by atoms with van der Waals surface area (Å²) < 4.78 is 12.2. The molecule has 232 valence electrons. The molecule has 2 aromatic heterocycles. The van der Waals surface area contributed by atoms with Gasteiger partial charge >= 0.3 is 11.9 Å². The minimum absolute atomic E-state index is 0.194. The first-order valence-corrected chi connectivity index (χ1v) is 15.6. The number of carbonyl (C=O) groups excluding carboxylic acids is 2. The Bertz CT molecular complexity index is 1910. The fourth-order valence-electron chi connectivity index (χ4n) is 6.70. The van der Waals surface area contributed by atoms with E-state index in [0.29, 0.717) is 25.7 Å². The zero-order chi connectivity index (χ0) is 31.9. The van der Waals surface area contributed by atoms with Crippen LogP contribution in [0.4, 0.5) is 0 Å². The first-order valence-electron chi connectivity index (χ1n) is 15.6. The van der Waals surface area contributed by atoms with Gasteiger partial charge in [-0.25, -0.2) is 0 Å². The quantitative estimate of drug-likeness (QED) is 0.0914. The number of esters is 2. The minimum atomic E-state index is -0.924. The minimum Gasteiger partial charge on any atom is -0.508 e. The lowest BCUT2D eigenvalue weighted by atomic mass is 9.87. The van der Waals surface area contributed by atoms with Crippen LogP contribution in [0.2, 0.25) is 0 Å². The summed E-state index contributed by atoms with van der Waals surface area (Å²) in [4.78, 5) is 33.4. The number of ether oxygens (including phenoxy) is 2. The lowest BCUT2D eigenvalue weighted by Crippen LogP contribution is -2.35. The van der Waals surface area contributed by atoms with Crippen molar-refractivity contribution < 1.29 is 29.3 Å². The monoisotopic (exact) mass is 606 g/mol. The lowest BCUT2D eigenvalue weighted by Gasteiger charge is -2.34. The van der Waals surface area contributed by atoms with E-state index in [1.54, 1.807) is 24.3 Å². The molecule has 6 aromatic rings. The van der Waals surface area contributed by atoms with Crippen LogP contribution in [0.1, 0.15) is 70.9 Å². The molecule has 2 heterocycles. The van der Waals surface area contributed by atoms with Crippen molar-refractivity contribution in [3.8, 4) is 11.5 Å². The zero-order valence-electron chi connectivity index (χ0n) is 26.0. The predicted molar refractivity (Wildman–Crippen MR) is 176 cm³/mol. The number of carbonyl (C=O) groups is 2. The van der Waals surface area contributed by atoms with Crippen LogP contribution in [0.5, 0.6) is 11.5 Å². The van der Waals surface area contributed by atoms with Crippen molar-refractivity contribution in [1.29, 1.82) is 0 Å². The molecule has 0 aliphatic carbocycles. The number of rotatable bonds is 10. The van der Waals surface area contributed by atoms with Crippen molar-refractivity contribution >= 4 is 55.6 Å². The average molecular weight is 607 g/mol. The molecule has 0 saturated heterocycles. The maximum absolute atomic E-state index is 13.3. The number of fused-ring (bicyclic) bond motifs is 6. The van der Waals surface area contributed by atoms with Crippen LogP contribution in [0.3, 0.4) is 0 Å². The third kappa shape index (κ3) is 5.24. The van der Waals surface area contributed by atoms with Crippen LogP contribution in [-0.4, -0.2) is 32.1 Å². The van der Waals surface area contributed by atoms with Gasteiger partial charge in [-0.2, -0.15) is 0 Å². The molecule has 8 heteroatoms. The molecule has 0 spiro atoms. The molecular formula is C37H38N2O6. The summed E-state index contributed by atoms with van der Waals surface area (Å²) in [6.45, 7) is 7.85. The number of phenolic OH excluding ortho intramolecular Hbond substituents is 2. The molecule has 45 heavy (non-hydrogen) atoms. The molecule has 0 unspecified atom stereocenters. The van der Waals surface area contributed by atoms with Crippen molar-refractivity contribution in [2.75, 3.05) is 0 Å². The van der Waals surface area contributed by atoms with Crippen molar-refractivity contribution in [2.24, 2.45) is 0 Å². The van der Waals surface area contributed by atoms with E-state index in [0.717, 1.165) is 54.7 Å². The van der Waals surface area contributed by atoms with Gasteiger partial charge in [0.25, 0.3) is 0 Å². The summed E-state index contributed by atoms with van der Waals surface area (Å²) in [7, 11) is 0. The Morgan fingerprint density at radius 3 is 1.33 bits per heavy atom. The highest BCUT2D eigenvalue weighted by Crippen LogP contribution is 2.39. The zero-order valence-corrected chi connectivity index (χ0v) is 26.0. The molecule has 0 bridgehead atoms. The average Bonchev–Trinajstić information content (AvgIpc) is 3.59. The summed E-state index contributed by atoms with van der Waals surface area (Å²) in [5.74, 6) is -0.895. The van der Waals surface area contributed by atoms with Gasteiger partial charge in [0.2, 0.25) is 0 Å². The molecule has 0 aliphatic rings. The smallest absolute Gasteiger partial charge is 0.318 e. The first-order chi connectivity index (χ1) is 21.6. The lowest BCUT2D eigenvalue weighted by molar-refractivity contribution is -0.174. The third-order valence-corrected chi connectivity index (χ3v) is 9.41. The Kier molecular flexibility index (Phi) is 7.69. The van der Waals surface area contributed by atoms with Gasteiger partial charge in [0, 0.05) is 43.6 Å². The maximum atomic E-state index is 13.3. The Labute approximate surface area is 261 Å². The molecule has 0 fully saturated rings. The van der Waals surface area contributed by atoms with Gasteiger partial charge in [-0.1, -0.05) is 52.0 Å². The Hall–Kier alpha value is -4.98. The van der Waals surface area contributed by atoms with Crippen molar-refractivity contribution in [3.63, 3.8) is 0 Å². The molecular weight excluding hydrogens is 568 g/mol. The second kappa shape index (κ2) is 11.5. The summed E-state index contributed by atoms with van der Waals surface area (Å²) in [5.41, 5.74) is 3.35. The van der Waals surface area contributed by atoms with Gasteiger partial charge in [0.05, 0.1) is 0 Å². The van der Waals surface area contributed by atoms with Gasteiger partial charge in [0.1, 0.15) is 29.1 Å². The van der Waals surface area contributed by atoms with Crippen LogP contribution in [0.15, 0.2) is 72.8 Å². The van der Waals surface area contributed by atoms with Gasteiger partial charge < -0.3 is 29.7 Å². The Balaban J connectivity index is 1.22. The fraction of sp³-hybridized carbons (Fsp3) is 0.297. The van der Waals surface area contributed by atoms with E-state index in [1.807, 2.05) is 76.2 Å². The number of aromatic hydroxyl groups is 2. The normalized spacial score (nSPS) is 12.4. The number of aromatic nitrogens is 2. The van der Waals surface area contributed by atoms with Crippen LogP contribution in [-0.2, 0) is 30.3 Å². The summed E-state index contributed by atoms with van der Waals surface area (Å²) in [6.07, 6.45) is 1.57. The summed E-state index contributed by atoms with van der Waals surface area (Å²) in [6, 6.07) is 22.2. The second-order valence-corrected chi connectivity index (χ2v) is 11.8. The van der Waals surface area contributed by atoms with E-state index in [2.05, 4.69) is 9.97 Å². The van der Waals surface area contributed by atoms with E-state index < -0.39 is 29.6 Å². The number of hydrogen-bond donors (Lipinski definition) is 4. The number of benzene rings is 4. The molecule has 6 rings (SSSR count).